The molecule has 0 amide bonds. The van der Waals surface area contributed by atoms with Crippen molar-refractivity contribution in [2.45, 2.75) is 59.5 Å². The second-order valence-electron chi connectivity index (χ2n) is 7.65. The molecule has 24 heavy (non-hydrogen) atoms. The van der Waals surface area contributed by atoms with Gasteiger partial charge in [-0.25, -0.2) is 0 Å². The van der Waals surface area contributed by atoms with E-state index >= 15 is 0 Å². The van der Waals surface area contributed by atoms with E-state index in [2.05, 4.69) is 20.8 Å². The Bertz CT molecular complexity index is 549. The summed E-state index contributed by atoms with van der Waals surface area (Å²) < 4.78 is 5.87. The molecular formula is C21H30O3. The number of hydrogen-bond donors (Lipinski definition) is 0. The molecule has 3 nitrogen and oxygen atoms in total. The van der Waals surface area contributed by atoms with Crippen molar-refractivity contribution in [3.63, 3.8) is 0 Å². The van der Waals surface area contributed by atoms with Crippen molar-refractivity contribution in [2.75, 3.05) is 0 Å². The number of hydrogen-bond acceptors (Lipinski definition) is 3. The van der Waals surface area contributed by atoms with E-state index in [9.17, 15) is 9.59 Å². The molecule has 0 saturated heterocycles. The summed E-state index contributed by atoms with van der Waals surface area (Å²) in [6.45, 7) is 8.07. The molecule has 132 valence electrons. The van der Waals surface area contributed by atoms with E-state index in [1.54, 1.807) is 0 Å². The van der Waals surface area contributed by atoms with Gasteiger partial charge in [0.2, 0.25) is 0 Å². The summed E-state index contributed by atoms with van der Waals surface area (Å²) in [5, 5.41) is 0. The van der Waals surface area contributed by atoms with Crippen LogP contribution in [0.25, 0.3) is 0 Å². The molecule has 0 aromatic heterocycles. The van der Waals surface area contributed by atoms with Crippen molar-refractivity contribution in [2.24, 2.45) is 23.7 Å². The van der Waals surface area contributed by atoms with Crippen LogP contribution in [0.1, 0.15) is 52.5 Å². The van der Waals surface area contributed by atoms with E-state index in [1.165, 1.54) is 13.3 Å². The van der Waals surface area contributed by atoms with Crippen molar-refractivity contribution in [3.8, 4) is 0 Å². The van der Waals surface area contributed by atoms with Crippen LogP contribution in [0.15, 0.2) is 30.3 Å². The third kappa shape index (κ3) is 4.93. The fourth-order valence-electron chi connectivity index (χ4n) is 3.72. The average molecular weight is 330 g/mol. The van der Waals surface area contributed by atoms with Crippen LogP contribution in [-0.2, 0) is 20.7 Å². The molecule has 0 radical (unpaired) electrons. The van der Waals surface area contributed by atoms with Crippen molar-refractivity contribution in [3.05, 3.63) is 35.9 Å². The summed E-state index contributed by atoms with van der Waals surface area (Å²) >= 11 is 0. The number of ketones is 1. The molecule has 1 aliphatic rings. The minimum absolute atomic E-state index is 0.0566. The second-order valence-corrected chi connectivity index (χ2v) is 7.65. The average Bonchev–Trinajstić information content (AvgIpc) is 2.53. The van der Waals surface area contributed by atoms with Gasteiger partial charge in [0, 0.05) is 0 Å². The normalized spacial score (nSPS) is 25.3. The number of ether oxygens (including phenoxy) is 1. The maximum Gasteiger partial charge on any atom is 0.317 e. The van der Waals surface area contributed by atoms with Gasteiger partial charge in [-0.2, -0.15) is 0 Å². The van der Waals surface area contributed by atoms with Crippen LogP contribution in [0.3, 0.4) is 0 Å². The van der Waals surface area contributed by atoms with Crippen molar-refractivity contribution >= 4 is 11.8 Å². The predicted octanol–water partition coefficient (Wildman–Crippen LogP) is 4.44. The molecule has 1 aromatic carbocycles. The van der Waals surface area contributed by atoms with Gasteiger partial charge in [0.1, 0.15) is 17.8 Å². The van der Waals surface area contributed by atoms with Crippen molar-refractivity contribution < 1.29 is 14.3 Å². The molecule has 0 N–H and O–H groups in total. The summed E-state index contributed by atoms with van der Waals surface area (Å²) in [7, 11) is 0. The zero-order valence-corrected chi connectivity index (χ0v) is 15.3. The molecule has 0 bridgehead atoms. The number of carbonyl (C=O) groups excluding carboxylic acids is 2. The standard InChI is InChI=1S/C21H30O3/c1-14(2)18-11-10-15(3)12-20(18)24-21(23)19(16(4)22)13-17-8-6-5-7-9-17/h5-9,14-15,18-20H,10-13H2,1-4H3/t15-,18+,19-,20+/m0/s1. The molecule has 1 aliphatic carbocycles. The van der Waals surface area contributed by atoms with E-state index < -0.39 is 5.92 Å². The minimum atomic E-state index is -0.697. The Morgan fingerprint density at radius 2 is 1.83 bits per heavy atom. The Labute approximate surface area is 145 Å². The Kier molecular flexibility index (Phi) is 6.59. The number of benzene rings is 1. The summed E-state index contributed by atoms with van der Waals surface area (Å²) in [5.74, 6) is 0.291. The first-order chi connectivity index (χ1) is 11.4. The Morgan fingerprint density at radius 1 is 1.17 bits per heavy atom. The van der Waals surface area contributed by atoms with Crippen LogP contribution in [-0.4, -0.2) is 17.9 Å². The number of esters is 1. The van der Waals surface area contributed by atoms with Crippen LogP contribution < -0.4 is 0 Å². The summed E-state index contributed by atoms with van der Waals surface area (Å²) in [5.41, 5.74) is 0.993. The van der Waals surface area contributed by atoms with E-state index in [0.717, 1.165) is 18.4 Å². The lowest BCUT2D eigenvalue weighted by Gasteiger charge is -2.37. The smallest absolute Gasteiger partial charge is 0.317 e. The quantitative estimate of drug-likeness (QED) is 0.572. The van der Waals surface area contributed by atoms with Crippen LogP contribution in [0.2, 0.25) is 0 Å². The molecule has 4 atom stereocenters. The fraction of sp³-hybridized carbons (Fsp3) is 0.619. The molecule has 1 saturated carbocycles. The maximum atomic E-state index is 12.7. The molecule has 3 heteroatoms. The molecule has 2 rings (SSSR count). The van der Waals surface area contributed by atoms with Crippen LogP contribution in [0, 0.1) is 23.7 Å². The first kappa shape index (κ1) is 18.7. The Hall–Kier alpha value is -1.64. The maximum absolute atomic E-state index is 12.7. The second kappa shape index (κ2) is 8.46. The van der Waals surface area contributed by atoms with Gasteiger partial charge in [0.25, 0.3) is 0 Å². The molecule has 1 aromatic rings. The van der Waals surface area contributed by atoms with Crippen molar-refractivity contribution in [1.82, 2.24) is 0 Å². The summed E-state index contributed by atoms with van der Waals surface area (Å²) in [6, 6.07) is 9.68. The Morgan fingerprint density at radius 3 is 2.42 bits per heavy atom. The van der Waals surface area contributed by atoms with Gasteiger partial charge in [-0.05, 0) is 49.5 Å². The molecule has 1 fully saturated rings. The highest BCUT2D eigenvalue weighted by Crippen LogP contribution is 2.35. The first-order valence-corrected chi connectivity index (χ1v) is 9.13. The largest absolute Gasteiger partial charge is 0.462 e. The van der Waals surface area contributed by atoms with E-state index in [0.29, 0.717) is 24.2 Å². The van der Waals surface area contributed by atoms with Gasteiger partial charge >= 0.3 is 5.97 Å². The SMILES string of the molecule is CC(=O)[C@H](Cc1ccccc1)C(=O)O[C@@H]1C[C@@H](C)CC[C@@H]1C(C)C. The predicted molar refractivity (Wildman–Crippen MR) is 95.5 cm³/mol. The highest BCUT2D eigenvalue weighted by molar-refractivity contribution is 5.98. The third-order valence-electron chi connectivity index (χ3n) is 5.29. The molecule has 0 spiro atoms. The minimum Gasteiger partial charge on any atom is -0.462 e. The first-order valence-electron chi connectivity index (χ1n) is 9.13. The summed E-state index contributed by atoms with van der Waals surface area (Å²) in [6.07, 6.45) is 3.56. The molecular weight excluding hydrogens is 300 g/mol. The van der Waals surface area contributed by atoms with Gasteiger partial charge in [-0.3, -0.25) is 9.59 Å². The number of Topliss-reactive ketones (excluding diaryl/α,β-unsaturated/α-hetero) is 1. The third-order valence-corrected chi connectivity index (χ3v) is 5.29. The molecule has 0 unspecified atom stereocenters. The Balaban J connectivity index is 2.07. The number of rotatable bonds is 6. The highest BCUT2D eigenvalue weighted by Gasteiger charge is 2.35. The van der Waals surface area contributed by atoms with Gasteiger partial charge in [-0.15, -0.1) is 0 Å². The van der Waals surface area contributed by atoms with E-state index in [4.69, 9.17) is 4.74 Å². The highest BCUT2D eigenvalue weighted by atomic mass is 16.5. The monoisotopic (exact) mass is 330 g/mol. The lowest BCUT2D eigenvalue weighted by atomic mass is 9.75. The van der Waals surface area contributed by atoms with Gasteiger partial charge in [-0.1, -0.05) is 57.5 Å². The zero-order valence-electron chi connectivity index (χ0n) is 15.3. The lowest BCUT2D eigenvalue weighted by molar-refractivity contribution is -0.162. The topological polar surface area (TPSA) is 43.4 Å². The van der Waals surface area contributed by atoms with Gasteiger partial charge in [0.15, 0.2) is 0 Å². The van der Waals surface area contributed by atoms with Gasteiger partial charge < -0.3 is 4.74 Å². The zero-order chi connectivity index (χ0) is 17.7. The summed E-state index contributed by atoms with van der Waals surface area (Å²) in [4.78, 5) is 24.7. The molecule has 0 aliphatic heterocycles. The van der Waals surface area contributed by atoms with Crippen LogP contribution in [0.5, 0.6) is 0 Å². The van der Waals surface area contributed by atoms with Crippen LogP contribution >= 0.6 is 0 Å². The van der Waals surface area contributed by atoms with Crippen LogP contribution in [0.4, 0.5) is 0 Å². The lowest BCUT2D eigenvalue weighted by Crippen LogP contribution is -2.38. The van der Waals surface area contributed by atoms with E-state index in [-0.39, 0.29) is 17.9 Å². The number of carbonyl (C=O) groups is 2. The van der Waals surface area contributed by atoms with Crippen molar-refractivity contribution in [1.29, 1.82) is 0 Å². The van der Waals surface area contributed by atoms with E-state index in [1.807, 2.05) is 30.3 Å². The molecule has 0 heterocycles. The van der Waals surface area contributed by atoms with Gasteiger partial charge in [0.05, 0.1) is 0 Å². The fourth-order valence-corrected chi connectivity index (χ4v) is 3.72.